The van der Waals surface area contributed by atoms with Gasteiger partial charge in [0.15, 0.2) is 0 Å². The van der Waals surface area contributed by atoms with E-state index in [4.69, 9.17) is 5.73 Å². The van der Waals surface area contributed by atoms with Gasteiger partial charge in [-0.25, -0.2) is 0 Å². The molecule has 0 amide bonds. The van der Waals surface area contributed by atoms with Crippen LogP contribution in [0.4, 0.5) is 5.69 Å². The second-order valence-electron chi connectivity index (χ2n) is 6.65. The maximum atomic E-state index is 5.96. The first kappa shape index (κ1) is 13.9. The molecule has 0 atom stereocenters. The van der Waals surface area contributed by atoms with Crippen LogP contribution in [0.2, 0.25) is 0 Å². The molecule has 1 saturated heterocycles. The third-order valence-electron chi connectivity index (χ3n) is 5.11. The zero-order valence-electron chi connectivity index (χ0n) is 12.8. The molecule has 20 heavy (non-hydrogen) atoms. The molecule has 0 aromatic heterocycles. The quantitative estimate of drug-likeness (QED) is 0.913. The molecular weight excluding hydrogens is 246 g/mol. The van der Waals surface area contributed by atoms with Crippen molar-refractivity contribution < 1.29 is 0 Å². The summed E-state index contributed by atoms with van der Waals surface area (Å²) in [5, 5.41) is 0. The zero-order valence-corrected chi connectivity index (χ0v) is 12.8. The summed E-state index contributed by atoms with van der Waals surface area (Å²) in [4.78, 5) is 5.08. The van der Waals surface area contributed by atoms with E-state index in [0.29, 0.717) is 11.5 Å². The summed E-state index contributed by atoms with van der Waals surface area (Å²) in [6, 6.07) is 9.75. The molecule has 2 aliphatic rings. The highest BCUT2D eigenvalue weighted by Crippen LogP contribution is 2.47. The molecule has 0 radical (unpaired) electrons. The number of hydrogen-bond donors (Lipinski definition) is 1. The number of nitrogens with two attached hydrogens (primary N) is 1. The second kappa shape index (κ2) is 5.38. The summed E-state index contributed by atoms with van der Waals surface area (Å²) >= 11 is 0. The van der Waals surface area contributed by atoms with Crippen molar-refractivity contribution in [1.29, 1.82) is 0 Å². The second-order valence-corrected chi connectivity index (χ2v) is 6.65. The lowest BCUT2D eigenvalue weighted by molar-refractivity contribution is 0.209. The fraction of sp³-hybridized carbons (Fsp3) is 0.647. The van der Waals surface area contributed by atoms with E-state index in [9.17, 15) is 0 Å². The lowest BCUT2D eigenvalue weighted by Crippen LogP contribution is -2.48. The Balaban J connectivity index is 1.71. The number of benzene rings is 1. The average Bonchev–Trinajstić information content (AvgIpc) is 3.29. The van der Waals surface area contributed by atoms with Crippen molar-refractivity contribution in [3.05, 3.63) is 29.8 Å². The molecule has 1 heterocycles. The Morgan fingerprint density at radius 2 is 1.85 bits per heavy atom. The molecule has 0 bridgehead atoms. The normalized spacial score (nSPS) is 22.3. The van der Waals surface area contributed by atoms with Gasteiger partial charge in [-0.3, -0.25) is 4.90 Å². The number of rotatable bonds is 4. The van der Waals surface area contributed by atoms with Crippen LogP contribution >= 0.6 is 0 Å². The summed E-state index contributed by atoms with van der Waals surface area (Å²) in [5.74, 6) is 0. The highest BCUT2D eigenvalue weighted by atomic mass is 15.3. The van der Waals surface area contributed by atoms with Crippen molar-refractivity contribution in [3.8, 4) is 0 Å². The summed E-state index contributed by atoms with van der Waals surface area (Å²) < 4.78 is 0. The Labute approximate surface area is 122 Å². The highest BCUT2D eigenvalue weighted by Gasteiger charge is 2.42. The molecule has 1 aromatic rings. The average molecular weight is 273 g/mol. The monoisotopic (exact) mass is 273 g/mol. The SMILES string of the molecule is CC(C)N1CCN(c2cccc(C3(CN)CC3)c2)CC1. The summed E-state index contributed by atoms with van der Waals surface area (Å²) in [7, 11) is 0. The first-order valence-electron chi connectivity index (χ1n) is 7.94. The van der Waals surface area contributed by atoms with Crippen molar-refractivity contribution in [1.82, 2.24) is 4.90 Å². The van der Waals surface area contributed by atoms with E-state index >= 15 is 0 Å². The van der Waals surface area contributed by atoms with Crippen LogP contribution in [-0.4, -0.2) is 43.7 Å². The molecule has 3 nitrogen and oxygen atoms in total. The number of hydrogen-bond acceptors (Lipinski definition) is 3. The predicted molar refractivity (Wildman–Crippen MR) is 85.3 cm³/mol. The Hall–Kier alpha value is -1.06. The third-order valence-corrected chi connectivity index (χ3v) is 5.11. The Morgan fingerprint density at radius 3 is 2.40 bits per heavy atom. The van der Waals surface area contributed by atoms with Gasteiger partial charge in [0.25, 0.3) is 0 Å². The molecular formula is C17H27N3. The lowest BCUT2D eigenvalue weighted by Gasteiger charge is -2.38. The van der Waals surface area contributed by atoms with Gasteiger partial charge < -0.3 is 10.6 Å². The zero-order chi connectivity index (χ0) is 14.2. The topological polar surface area (TPSA) is 32.5 Å². The van der Waals surface area contributed by atoms with E-state index in [1.54, 1.807) is 0 Å². The fourth-order valence-electron chi connectivity index (χ4n) is 3.29. The van der Waals surface area contributed by atoms with Gasteiger partial charge in [-0.2, -0.15) is 0 Å². The van der Waals surface area contributed by atoms with Gasteiger partial charge in [0, 0.05) is 49.9 Å². The largest absolute Gasteiger partial charge is 0.369 e. The molecule has 1 saturated carbocycles. The number of piperazine rings is 1. The first-order chi connectivity index (χ1) is 9.64. The van der Waals surface area contributed by atoms with E-state index in [2.05, 4.69) is 47.9 Å². The van der Waals surface area contributed by atoms with E-state index in [1.807, 2.05) is 0 Å². The molecule has 110 valence electrons. The minimum atomic E-state index is 0.301. The molecule has 0 spiro atoms. The third kappa shape index (κ3) is 2.57. The summed E-state index contributed by atoms with van der Waals surface area (Å²) in [6.07, 6.45) is 2.52. The first-order valence-corrected chi connectivity index (χ1v) is 7.94. The van der Waals surface area contributed by atoms with Gasteiger partial charge in [0.1, 0.15) is 0 Å². The number of anilines is 1. The van der Waals surface area contributed by atoms with Gasteiger partial charge in [-0.1, -0.05) is 12.1 Å². The van der Waals surface area contributed by atoms with Gasteiger partial charge in [-0.05, 0) is 44.4 Å². The van der Waals surface area contributed by atoms with Crippen LogP contribution in [0.1, 0.15) is 32.3 Å². The Bertz CT molecular complexity index is 457. The smallest absolute Gasteiger partial charge is 0.0370 e. The molecule has 3 rings (SSSR count). The molecule has 0 unspecified atom stereocenters. The van der Waals surface area contributed by atoms with E-state index in [-0.39, 0.29) is 0 Å². The van der Waals surface area contributed by atoms with E-state index in [1.165, 1.54) is 37.2 Å². The van der Waals surface area contributed by atoms with Gasteiger partial charge in [0.2, 0.25) is 0 Å². The van der Waals surface area contributed by atoms with Crippen LogP contribution in [0.3, 0.4) is 0 Å². The molecule has 1 aliphatic heterocycles. The minimum absolute atomic E-state index is 0.301. The van der Waals surface area contributed by atoms with Crippen molar-refractivity contribution in [2.24, 2.45) is 5.73 Å². The van der Waals surface area contributed by atoms with Crippen LogP contribution in [-0.2, 0) is 5.41 Å². The van der Waals surface area contributed by atoms with Gasteiger partial charge in [-0.15, -0.1) is 0 Å². The van der Waals surface area contributed by atoms with Crippen molar-refractivity contribution >= 4 is 5.69 Å². The Morgan fingerprint density at radius 1 is 1.15 bits per heavy atom. The molecule has 2 fully saturated rings. The summed E-state index contributed by atoms with van der Waals surface area (Å²) in [6.45, 7) is 9.97. The fourth-order valence-corrected chi connectivity index (χ4v) is 3.29. The van der Waals surface area contributed by atoms with Gasteiger partial charge >= 0.3 is 0 Å². The van der Waals surface area contributed by atoms with Crippen LogP contribution in [0.15, 0.2) is 24.3 Å². The van der Waals surface area contributed by atoms with Crippen LogP contribution in [0.5, 0.6) is 0 Å². The minimum Gasteiger partial charge on any atom is -0.369 e. The molecule has 1 aliphatic carbocycles. The van der Waals surface area contributed by atoms with Crippen LogP contribution in [0.25, 0.3) is 0 Å². The molecule has 3 heteroatoms. The van der Waals surface area contributed by atoms with Crippen molar-refractivity contribution in [2.45, 2.75) is 38.1 Å². The van der Waals surface area contributed by atoms with E-state index < -0.39 is 0 Å². The molecule has 2 N–H and O–H groups in total. The Kier molecular flexibility index (Phi) is 3.74. The maximum Gasteiger partial charge on any atom is 0.0370 e. The van der Waals surface area contributed by atoms with E-state index in [0.717, 1.165) is 19.6 Å². The van der Waals surface area contributed by atoms with Gasteiger partial charge in [0.05, 0.1) is 0 Å². The highest BCUT2D eigenvalue weighted by molar-refractivity contribution is 5.52. The lowest BCUT2D eigenvalue weighted by atomic mass is 9.95. The maximum absolute atomic E-state index is 5.96. The van der Waals surface area contributed by atoms with Crippen LogP contribution in [0, 0.1) is 0 Å². The number of nitrogens with zero attached hydrogens (tertiary/aromatic N) is 2. The van der Waals surface area contributed by atoms with Crippen molar-refractivity contribution in [2.75, 3.05) is 37.6 Å². The van der Waals surface area contributed by atoms with Crippen LogP contribution < -0.4 is 10.6 Å². The van der Waals surface area contributed by atoms with Crippen molar-refractivity contribution in [3.63, 3.8) is 0 Å². The molecule has 1 aromatic carbocycles. The summed E-state index contributed by atoms with van der Waals surface area (Å²) in [5.41, 5.74) is 9.09. The standard InChI is InChI=1S/C17H27N3/c1-14(2)19-8-10-20(11-9-19)16-5-3-4-15(12-16)17(13-18)6-7-17/h3-5,12,14H,6-11,13,18H2,1-2H3. The predicted octanol–water partition coefficient (Wildman–Crippen LogP) is 2.21.